The first-order chi connectivity index (χ1) is 8.07. The van der Waals surface area contributed by atoms with Crippen LogP contribution in [0.3, 0.4) is 0 Å². The molecule has 5 heteroatoms. The molecule has 3 nitrogen and oxygen atoms in total. The largest absolute Gasteiger partial charge is 0.498 e. The Bertz CT molecular complexity index is 304. The Morgan fingerprint density at radius 1 is 1.59 bits per heavy atom. The summed E-state index contributed by atoms with van der Waals surface area (Å²) in [5.41, 5.74) is 0. The van der Waals surface area contributed by atoms with Crippen molar-refractivity contribution in [3.05, 3.63) is 11.8 Å². The van der Waals surface area contributed by atoms with Gasteiger partial charge in [-0.25, -0.2) is 4.79 Å². The Balaban J connectivity index is 2.87. The summed E-state index contributed by atoms with van der Waals surface area (Å²) in [7, 11) is 0. The van der Waals surface area contributed by atoms with Crippen molar-refractivity contribution >= 4 is 29.5 Å². The van der Waals surface area contributed by atoms with Crippen molar-refractivity contribution in [2.75, 3.05) is 19.5 Å². The van der Waals surface area contributed by atoms with Crippen LogP contribution in [0.2, 0.25) is 0 Å². The first-order valence-electron chi connectivity index (χ1n) is 5.81. The third-order valence-corrected chi connectivity index (χ3v) is 5.41. The summed E-state index contributed by atoms with van der Waals surface area (Å²) in [5, 5.41) is 0.266. The average molecular weight is 276 g/mol. The van der Waals surface area contributed by atoms with Crippen LogP contribution in [0.1, 0.15) is 27.2 Å². The second kappa shape index (κ2) is 6.59. The molecule has 0 aromatic rings. The summed E-state index contributed by atoms with van der Waals surface area (Å²) in [6, 6.07) is 0. The maximum Gasteiger partial charge on any atom is 0.332 e. The molecule has 0 saturated carbocycles. The molecule has 0 bridgehead atoms. The second-order valence-corrected chi connectivity index (χ2v) is 6.78. The van der Waals surface area contributed by atoms with Gasteiger partial charge in [0.05, 0.1) is 19.0 Å². The van der Waals surface area contributed by atoms with Gasteiger partial charge in [-0.1, -0.05) is 0 Å². The summed E-state index contributed by atoms with van der Waals surface area (Å²) in [5.74, 6) is 0.760. The summed E-state index contributed by atoms with van der Waals surface area (Å²) < 4.78 is 10.2. The molecular formula is C12H20O3S2. The molecule has 0 saturated heterocycles. The third kappa shape index (κ3) is 3.58. The molecule has 1 aliphatic rings. The lowest BCUT2D eigenvalue weighted by Gasteiger charge is -2.35. The zero-order chi connectivity index (χ0) is 12.9. The molecule has 1 heterocycles. The van der Waals surface area contributed by atoms with Crippen molar-refractivity contribution in [2.24, 2.45) is 0 Å². The van der Waals surface area contributed by atoms with Gasteiger partial charge in [0.15, 0.2) is 4.08 Å². The highest BCUT2D eigenvalue weighted by atomic mass is 32.2. The van der Waals surface area contributed by atoms with Crippen LogP contribution in [0.15, 0.2) is 11.8 Å². The van der Waals surface area contributed by atoms with Gasteiger partial charge in [-0.05, 0) is 33.1 Å². The number of rotatable bonds is 5. The molecule has 0 spiro atoms. The second-order valence-electron chi connectivity index (χ2n) is 3.74. The number of hydrogen-bond acceptors (Lipinski definition) is 5. The Morgan fingerprint density at radius 3 is 2.82 bits per heavy atom. The topological polar surface area (TPSA) is 35.5 Å². The van der Waals surface area contributed by atoms with Gasteiger partial charge >= 0.3 is 5.97 Å². The molecule has 0 aliphatic carbocycles. The molecule has 0 N–H and O–H groups in total. The van der Waals surface area contributed by atoms with Gasteiger partial charge in [-0.2, -0.15) is 0 Å². The van der Waals surface area contributed by atoms with Crippen molar-refractivity contribution in [1.82, 2.24) is 0 Å². The number of carbonyl (C=O) groups excluding carboxylic acids is 1. The van der Waals surface area contributed by atoms with Crippen molar-refractivity contribution in [3.8, 4) is 0 Å². The van der Waals surface area contributed by atoms with E-state index in [0.717, 1.165) is 5.76 Å². The van der Waals surface area contributed by atoms with E-state index < -0.39 is 4.08 Å². The molecule has 1 rings (SSSR count). The van der Waals surface area contributed by atoms with E-state index in [1.807, 2.05) is 20.1 Å². The molecule has 0 aromatic carbocycles. The normalized spacial score (nSPS) is 28.5. The number of esters is 1. The predicted molar refractivity (Wildman–Crippen MR) is 74.3 cm³/mol. The van der Waals surface area contributed by atoms with E-state index in [1.54, 1.807) is 23.5 Å². The maximum absolute atomic E-state index is 12.1. The van der Waals surface area contributed by atoms with E-state index in [9.17, 15) is 4.79 Å². The summed E-state index contributed by atoms with van der Waals surface area (Å²) in [6.07, 6.45) is 4.64. The predicted octanol–water partition coefficient (Wildman–Crippen LogP) is 3.05. The lowest BCUT2D eigenvalue weighted by Crippen LogP contribution is -2.38. The Labute approximate surface area is 112 Å². The van der Waals surface area contributed by atoms with Gasteiger partial charge in [0.1, 0.15) is 0 Å². The van der Waals surface area contributed by atoms with Gasteiger partial charge in [0, 0.05) is 11.7 Å². The van der Waals surface area contributed by atoms with Crippen LogP contribution in [-0.4, -0.2) is 34.8 Å². The van der Waals surface area contributed by atoms with E-state index in [2.05, 4.69) is 13.0 Å². The maximum atomic E-state index is 12.1. The minimum Gasteiger partial charge on any atom is -0.498 e. The SMILES string of the molecule is CCOC(=O)C1(SC)CC(OCC)=CC(C)S1. The fraction of sp³-hybridized carbons (Fsp3) is 0.750. The van der Waals surface area contributed by atoms with E-state index in [4.69, 9.17) is 9.47 Å². The van der Waals surface area contributed by atoms with Gasteiger partial charge < -0.3 is 9.47 Å². The molecule has 2 unspecified atom stereocenters. The van der Waals surface area contributed by atoms with Crippen LogP contribution >= 0.6 is 23.5 Å². The van der Waals surface area contributed by atoms with Gasteiger partial charge in [-0.15, -0.1) is 23.5 Å². The highest BCUT2D eigenvalue weighted by molar-refractivity contribution is 8.19. The van der Waals surface area contributed by atoms with Crippen LogP contribution in [0.5, 0.6) is 0 Å². The smallest absolute Gasteiger partial charge is 0.332 e. The molecule has 2 atom stereocenters. The van der Waals surface area contributed by atoms with Crippen molar-refractivity contribution < 1.29 is 14.3 Å². The van der Waals surface area contributed by atoms with E-state index >= 15 is 0 Å². The lowest BCUT2D eigenvalue weighted by molar-refractivity contribution is -0.143. The molecule has 1 aliphatic heterocycles. The number of thioether (sulfide) groups is 2. The summed E-state index contributed by atoms with van der Waals surface area (Å²) in [4.78, 5) is 12.1. The zero-order valence-electron chi connectivity index (χ0n) is 10.8. The van der Waals surface area contributed by atoms with E-state index in [1.165, 1.54) is 0 Å². The van der Waals surface area contributed by atoms with Gasteiger partial charge in [0.25, 0.3) is 0 Å². The number of ether oxygens (including phenoxy) is 2. The molecule has 0 radical (unpaired) electrons. The molecular weight excluding hydrogens is 256 g/mol. The Kier molecular flexibility index (Phi) is 5.73. The first kappa shape index (κ1) is 14.8. The number of allylic oxidation sites excluding steroid dienone is 1. The Morgan fingerprint density at radius 2 is 2.29 bits per heavy atom. The third-order valence-electron chi connectivity index (χ3n) is 2.45. The number of hydrogen-bond donors (Lipinski definition) is 0. The van der Waals surface area contributed by atoms with Crippen LogP contribution in [0.4, 0.5) is 0 Å². The zero-order valence-corrected chi connectivity index (χ0v) is 12.5. The van der Waals surface area contributed by atoms with Gasteiger partial charge in [0.2, 0.25) is 0 Å². The van der Waals surface area contributed by atoms with Crippen LogP contribution in [0.25, 0.3) is 0 Å². The van der Waals surface area contributed by atoms with Crippen LogP contribution < -0.4 is 0 Å². The average Bonchev–Trinajstić information content (AvgIpc) is 2.28. The van der Waals surface area contributed by atoms with Crippen molar-refractivity contribution in [2.45, 2.75) is 36.5 Å². The van der Waals surface area contributed by atoms with E-state index in [-0.39, 0.29) is 11.2 Å². The molecule has 17 heavy (non-hydrogen) atoms. The fourth-order valence-corrected chi connectivity index (χ4v) is 4.33. The van der Waals surface area contributed by atoms with Crippen molar-refractivity contribution in [1.29, 1.82) is 0 Å². The molecule has 0 aromatic heterocycles. The van der Waals surface area contributed by atoms with Gasteiger partial charge in [-0.3, -0.25) is 0 Å². The van der Waals surface area contributed by atoms with Crippen LogP contribution in [-0.2, 0) is 14.3 Å². The standard InChI is InChI=1S/C12H20O3S2/c1-5-14-10-7-9(3)17-12(8-10,16-4)11(13)15-6-2/h7,9H,5-6,8H2,1-4H3. The fourth-order valence-electron chi connectivity index (χ4n) is 1.78. The Hall–Kier alpha value is -0.290. The van der Waals surface area contributed by atoms with Crippen LogP contribution in [0, 0.1) is 0 Å². The number of carbonyl (C=O) groups is 1. The quantitative estimate of drug-likeness (QED) is 0.721. The molecule has 0 amide bonds. The summed E-state index contributed by atoms with van der Waals surface area (Å²) in [6.45, 7) is 6.92. The minimum atomic E-state index is -0.547. The minimum absolute atomic E-state index is 0.144. The van der Waals surface area contributed by atoms with E-state index in [0.29, 0.717) is 19.6 Å². The van der Waals surface area contributed by atoms with Crippen molar-refractivity contribution in [3.63, 3.8) is 0 Å². The highest BCUT2D eigenvalue weighted by Gasteiger charge is 2.44. The monoisotopic (exact) mass is 276 g/mol. The molecule has 0 fully saturated rings. The highest BCUT2D eigenvalue weighted by Crippen LogP contribution is 2.48. The lowest BCUT2D eigenvalue weighted by atomic mass is 10.2. The first-order valence-corrected chi connectivity index (χ1v) is 7.92. The molecule has 98 valence electrons. The summed E-state index contributed by atoms with van der Waals surface area (Å²) >= 11 is 3.19.